The Morgan fingerprint density at radius 1 is 1.00 bits per heavy atom. The molecule has 5 nitrogen and oxygen atoms in total. The number of carbonyl (C=O) groups is 1. The van der Waals surface area contributed by atoms with Crippen molar-refractivity contribution in [3.63, 3.8) is 0 Å². The van der Waals surface area contributed by atoms with E-state index < -0.39 is 11.6 Å². The molecule has 0 saturated carbocycles. The highest BCUT2D eigenvalue weighted by Gasteiger charge is 2.17. The number of carbonyl (C=O) groups excluding carboxylic acids is 1. The Bertz CT molecular complexity index is 876. The summed E-state index contributed by atoms with van der Waals surface area (Å²) in [6.07, 6.45) is 4.15. The van der Waals surface area contributed by atoms with Crippen molar-refractivity contribution in [3.8, 4) is 5.75 Å². The van der Waals surface area contributed by atoms with Gasteiger partial charge in [-0.25, -0.2) is 8.78 Å². The van der Waals surface area contributed by atoms with Crippen LogP contribution in [0.25, 0.3) is 0 Å². The van der Waals surface area contributed by atoms with Gasteiger partial charge in [-0.3, -0.25) is 9.69 Å². The zero-order valence-corrected chi connectivity index (χ0v) is 17.7. The lowest BCUT2D eigenvalue weighted by molar-refractivity contribution is -0.122. The van der Waals surface area contributed by atoms with Crippen molar-refractivity contribution in [1.29, 1.82) is 0 Å². The van der Waals surface area contributed by atoms with E-state index >= 15 is 0 Å². The average molecular weight is 433 g/mol. The second-order valence-electron chi connectivity index (χ2n) is 7.92. The Kier molecular flexibility index (Phi) is 8.79. The number of amides is 1. The number of benzene rings is 2. The van der Waals surface area contributed by atoms with E-state index in [-0.39, 0.29) is 19.1 Å². The number of rotatable bonds is 5. The number of fused-ring (bicyclic) bond motifs is 1. The molecule has 0 bridgehead atoms. The molecule has 2 aromatic rings. The van der Waals surface area contributed by atoms with Gasteiger partial charge < -0.3 is 15.2 Å². The maximum absolute atomic E-state index is 13.7. The summed E-state index contributed by atoms with van der Waals surface area (Å²) in [5.74, 6) is -1.12. The molecule has 0 radical (unpaired) electrons. The molecule has 2 aromatic carbocycles. The number of aliphatic hydroxyl groups is 1. The highest BCUT2D eigenvalue weighted by Crippen LogP contribution is 2.24. The first kappa shape index (κ1) is 23.2. The second-order valence-corrected chi connectivity index (χ2v) is 7.92. The quantitative estimate of drug-likeness (QED) is 0.758. The van der Waals surface area contributed by atoms with Crippen LogP contribution in [0.1, 0.15) is 42.4 Å². The van der Waals surface area contributed by atoms with Crippen LogP contribution in [0.15, 0.2) is 36.4 Å². The number of hydrogen-bond donors (Lipinski definition) is 2. The lowest BCUT2D eigenvalue weighted by Crippen LogP contribution is -2.37. The standard InChI is InChI=1S/C24H30F2N2O3/c25-21-8-6-19(14-22(21)26)15-28-16-20-13-18(5-4-11-29)7-9-23(20)31-12-3-1-2-10-27-24(30)17-28/h6-9,13-14,29H,1-5,10-12,15-17H2,(H,27,30). The molecule has 0 aliphatic carbocycles. The molecular weight excluding hydrogens is 402 g/mol. The van der Waals surface area contributed by atoms with E-state index in [1.807, 2.05) is 23.1 Å². The predicted molar refractivity (Wildman–Crippen MR) is 115 cm³/mol. The molecule has 0 unspecified atom stereocenters. The third kappa shape index (κ3) is 7.29. The van der Waals surface area contributed by atoms with E-state index in [1.54, 1.807) is 0 Å². The van der Waals surface area contributed by atoms with Gasteiger partial charge in [0.15, 0.2) is 11.6 Å². The van der Waals surface area contributed by atoms with Gasteiger partial charge in [-0.1, -0.05) is 18.2 Å². The SMILES string of the molecule is O=C1CN(Cc2ccc(F)c(F)c2)Cc2cc(CCCO)ccc2OCCCCCN1. The van der Waals surface area contributed by atoms with Crippen molar-refractivity contribution >= 4 is 5.91 Å². The summed E-state index contributed by atoms with van der Waals surface area (Å²) in [6.45, 7) is 2.19. The summed E-state index contributed by atoms with van der Waals surface area (Å²) in [5, 5.41) is 12.1. The number of halogens is 2. The molecule has 7 heteroatoms. The zero-order valence-electron chi connectivity index (χ0n) is 17.7. The number of nitrogens with one attached hydrogen (secondary N) is 1. The van der Waals surface area contributed by atoms with Gasteiger partial charge in [-0.15, -0.1) is 0 Å². The molecule has 0 spiro atoms. The van der Waals surface area contributed by atoms with Crippen molar-refractivity contribution in [2.24, 2.45) is 0 Å². The highest BCUT2D eigenvalue weighted by atomic mass is 19.2. The van der Waals surface area contributed by atoms with Crippen LogP contribution >= 0.6 is 0 Å². The smallest absolute Gasteiger partial charge is 0.234 e. The minimum absolute atomic E-state index is 0.0965. The first-order chi connectivity index (χ1) is 15.0. The number of nitrogens with zero attached hydrogens (tertiary/aromatic N) is 1. The van der Waals surface area contributed by atoms with Gasteiger partial charge in [-0.2, -0.15) is 0 Å². The number of hydrogen-bond acceptors (Lipinski definition) is 4. The van der Waals surface area contributed by atoms with Gasteiger partial charge >= 0.3 is 0 Å². The van der Waals surface area contributed by atoms with Crippen molar-refractivity contribution in [3.05, 3.63) is 64.7 Å². The van der Waals surface area contributed by atoms with Gasteiger partial charge in [0, 0.05) is 31.8 Å². The van der Waals surface area contributed by atoms with Crippen molar-refractivity contribution in [2.45, 2.75) is 45.2 Å². The minimum atomic E-state index is -0.900. The molecule has 1 amide bonds. The third-order valence-corrected chi connectivity index (χ3v) is 5.30. The highest BCUT2D eigenvalue weighted by molar-refractivity contribution is 5.78. The summed E-state index contributed by atoms with van der Waals surface area (Å²) in [4.78, 5) is 14.4. The van der Waals surface area contributed by atoms with Crippen LogP contribution in [0.2, 0.25) is 0 Å². The number of ether oxygens (including phenoxy) is 1. The van der Waals surface area contributed by atoms with E-state index in [2.05, 4.69) is 5.32 Å². The van der Waals surface area contributed by atoms with Crippen LogP contribution in [0.5, 0.6) is 5.75 Å². The monoisotopic (exact) mass is 432 g/mol. The summed E-state index contributed by atoms with van der Waals surface area (Å²) >= 11 is 0. The lowest BCUT2D eigenvalue weighted by atomic mass is 10.0. The molecule has 3 rings (SSSR count). The number of aryl methyl sites for hydroxylation is 1. The molecule has 31 heavy (non-hydrogen) atoms. The van der Waals surface area contributed by atoms with Crippen LogP contribution in [-0.2, 0) is 24.3 Å². The van der Waals surface area contributed by atoms with Gasteiger partial charge in [0.05, 0.1) is 13.2 Å². The molecule has 168 valence electrons. The van der Waals surface area contributed by atoms with Crippen LogP contribution in [-0.4, -0.2) is 42.2 Å². The molecule has 0 saturated heterocycles. The maximum Gasteiger partial charge on any atom is 0.234 e. The van der Waals surface area contributed by atoms with Crippen molar-refractivity contribution in [1.82, 2.24) is 10.2 Å². The molecule has 1 aliphatic rings. The Balaban J connectivity index is 1.87. The van der Waals surface area contributed by atoms with Crippen LogP contribution in [0.4, 0.5) is 8.78 Å². The zero-order chi connectivity index (χ0) is 22.1. The predicted octanol–water partition coefficient (Wildman–Crippen LogP) is 3.57. The van der Waals surface area contributed by atoms with E-state index in [9.17, 15) is 13.6 Å². The van der Waals surface area contributed by atoms with Gasteiger partial charge in [-0.05, 0) is 61.4 Å². The molecule has 2 N–H and O–H groups in total. The summed E-state index contributed by atoms with van der Waals surface area (Å²) < 4.78 is 33.1. The summed E-state index contributed by atoms with van der Waals surface area (Å²) in [5.41, 5.74) is 2.61. The largest absolute Gasteiger partial charge is 0.493 e. The average Bonchev–Trinajstić information content (AvgIpc) is 2.76. The van der Waals surface area contributed by atoms with Gasteiger partial charge in [0.1, 0.15) is 5.75 Å². The fraction of sp³-hybridized carbons (Fsp3) is 0.458. The fourth-order valence-electron chi connectivity index (χ4n) is 3.71. The first-order valence-corrected chi connectivity index (χ1v) is 10.8. The van der Waals surface area contributed by atoms with Crippen molar-refractivity contribution in [2.75, 3.05) is 26.3 Å². The molecule has 1 heterocycles. The molecular formula is C24H30F2N2O3. The van der Waals surface area contributed by atoms with Gasteiger partial charge in [0.25, 0.3) is 0 Å². The molecule has 0 aromatic heterocycles. The maximum atomic E-state index is 13.7. The first-order valence-electron chi connectivity index (χ1n) is 10.8. The topological polar surface area (TPSA) is 61.8 Å². The van der Waals surface area contributed by atoms with E-state index in [1.165, 1.54) is 12.1 Å². The minimum Gasteiger partial charge on any atom is -0.493 e. The Hall–Kier alpha value is -2.51. The summed E-state index contributed by atoms with van der Waals surface area (Å²) in [6, 6.07) is 9.79. The van der Waals surface area contributed by atoms with Crippen molar-refractivity contribution < 1.29 is 23.4 Å². The normalized spacial score (nSPS) is 16.3. The van der Waals surface area contributed by atoms with Gasteiger partial charge in [0.2, 0.25) is 5.91 Å². The fourth-order valence-corrected chi connectivity index (χ4v) is 3.71. The van der Waals surface area contributed by atoms with Crippen LogP contribution in [0, 0.1) is 11.6 Å². The Labute approximate surface area is 182 Å². The Morgan fingerprint density at radius 2 is 1.84 bits per heavy atom. The van der Waals surface area contributed by atoms with E-state index in [4.69, 9.17) is 9.84 Å². The molecule has 0 fully saturated rings. The van der Waals surface area contributed by atoms with Crippen LogP contribution in [0.3, 0.4) is 0 Å². The summed E-state index contributed by atoms with van der Waals surface area (Å²) in [7, 11) is 0. The molecule has 0 atom stereocenters. The van der Waals surface area contributed by atoms with E-state index in [0.717, 1.165) is 48.6 Å². The second kappa shape index (κ2) is 11.8. The lowest BCUT2D eigenvalue weighted by Gasteiger charge is -2.24. The third-order valence-electron chi connectivity index (χ3n) is 5.30. The van der Waals surface area contributed by atoms with E-state index in [0.29, 0.717) is 38.2 Å². The molecule has 1 aliphatic heterocycles. The number of aliphatic hydroxyl groups excluding tert-OH is 1. The van der Waals surface area contributed by atoms with Crippen LogP contribution < -0.4 is 10.1 Å². The Morgan fingerprint density at radius 3 is 2.65 bits per heavy atom.